The highest BCUT2D eigenvalue weighted by Gasteiger charge is 2.42. The number of nitrogens with zero attached hydrogens (tertiary/aromatic N) is 1. The molecule has 0 spiro atoms. The van der Waals surface area contributed by atoms with Crippen LogP contribution in [0.1, 0.15) is 19.5 Å². The highest BCUT2D eigenvalue weighted by atomic mass is 79.9. The van der Waals surface area contributed by atoms with Gasteiger partial charge in [-0.15, -0.1) is 0 Å². The van der Waals surface area contributed by atoms with Gasteiger partial charge in [-0.3, -0.25) is 0 Å². The van der Waals surface area contributed by atoms with Crippen LogP contribution in [0.15, 0.2) is 16.7 Å². The Morgan fingerprint density at radius 1 is 1.41 bits per heavy atom. The molecule has 0 atom stereocenters. The Bertz CT molecular complexity index is 399. The van der Waals surface area contributed by atoms with E-state index in [4.69, 9.17) is 14.2 Å². The van der Waals surface area contributed by atoms with Crippen molar-refractivity contribution in [1.82, 2.24) is 4.98 Å². The highest BCUT2D eigenvalue weighted by molar-refractivity contribution is 9.10. The van der Waals surface area contributed by atoms with E-state index in [2.05, 4.69) is 20.9 Å². The molecule has 1 saturated heterocycles. The predicted octanol–water partition coefficient (Wildman–Crippen LogP) is 2.50. The molecular weight excluding hydrogens is 286 g/mol. The minimum atomic E-state index is -0.418. The summed E-state index contributed by atoms with van der Waals surface area (Å²) in [6.07, 6.45) is 0.133. The molecule has 0 aromatic carbocycles. The van der Waals surface area contributed by atoms with Gasteiger partial charge in [0.15, 0.2) is 5.60 Å². The van der Waals surface area contributed by atoms with Crippen molar-refractivity contribution in [2.24, 2.45) is 0 Å². The number of hydrogen-bond acceptors (Lipinski definition) is 4. The lowest BCUT2D eigenvalue weighted by Crippen LogP contribution is -2.48. The summed E-state index contributed by atoms with van der Waals surface area (Å²) in [5.41, 5.74) is 0.426. The Morgan fingerprint density at radius 3 is 2.59 bits per heavy atom. The Labute approximate surface area is 109 Å². The smallest absolute Gasteiger partial charge is 0.156 e. The summed E-state index contributed by atoms with van der Waals surface area (Å²) in [7, 11) is 1.67. The van der Waals surface area contributed by atoms with Crippen LogP contribution in [0.25, 0.3) is 0 Å². The normalized spacial score (nSPS) is 17.9. The van der Waals surface area contributed by atoms with Crippen molar-refractivity contribution in [1.29, 1.82) is 0 Å². The standard InChI is InChI=1S/C12H16BrNO3/c1-8(2)17-9-4-10(14-11(13)5-9)12(15-3)6-16-7-12/h4-5,8H,6-7H2,1-3H3. The first-order chi connectivity index (χ1) is 8.05. The van der Waals surface area contributed by atoms with Crippen molar-refractivity contribution >= 4 is 15.9 Å². The number of pyridine rings is 1. The van der Waals surface area contributed by atoms with E-state index < -0.39 is 5.60 Å². The van der Waals surface area contributed by atoms with Gasteiger partial charge in [-0.2, -0.15) is 0 Å². The second-order valence-electron chi connectivity index (χ2n) is 4.37. The third-order valence-electron chi connectivity index (χ3n) is 2.67. The van der Waals surface area contributed by atoms with Crippen LogP contribution in [0.5, 0.6) is 5.75 Å². The minimum Gasteiger partial charge on any atom is -0.491 e. The van der Waals surface area contributed by atoms with E-state index >= 15 is 0 Å². The Morgan fingerprint density at radius 2 is 2.12 bits per heavy atom. The molecular formula is C12H16BrNO3. The fourth-order valence-electron chi connectivity index (χ4n) is 1.70. The largest absolute Gasteiger partial charge is 0.491 e. The average Bonchev–Trinajstić information content (AvgIpc) is 2.14. The lowest BCUT2D eigenvalue weighted by Gasteiger charge is -2.39. The Hall–Kier alpha value is -0.650. The van der Waals surface area contributed by atoms with E-state index in [1.807, 2.05) is 26.0 Å². The summed E-state index contributed by atoms with van der Waals surface area (Å²) in [5.74, 6) is 0.792. The molecule has 5 heteroatoms. The third-order valence-corrected chi connectivity index (χ3v) is 3.07. The van der Waals surface area contributed by atoms with Gasteiger partial charge < -0.3 is 14.2 Å². The Kier molecular flexibility index (Phi) is 3.70. The molecule has 0 aliphatic carbocycles. The second-order valence-corrected chi connectivity index (χ2v) is 5.18. The van der Waals surface area contributed by atoms with Crippen molar-refractivity contribution < 1.29 is 14.2 Å². The van der Waals surface area contributed by atoms with E-state index in [-0.39, 0.29) is 6.10 Å². The summed E-state index contributed by atoms with van der Waals surface area (Å²) in [6, 6.07) is 3.77. The maximum atomic E-state index is 5.68. The number of hydrogen-bond donors (Lipinski definition) is 0. The lowest BCUT2D eigenvalue weighted by atomic mass is 9.96. The molecule has 4 nitrogen and oxygen atoms in total. The maximum absolute atomic E-state index is 5.68. The van der Waals surface area contributed by atoms with E-state index in [9.17, 15) is 0 Å². The van der Waals surface area contributed by atoms with Crippen LogP contribution in [0.4, 0.5) is 0 Å². The second kappa shape index (κ2) is 4.92. The van der Waals surface area contributed by atoms with E-state index in [1.165, 1.54) is 0 Å². The van der Waals surface area contributed by atoms with Gasteiger partial charge in [0.2, 0.25) is 0 Å². The molecule has 0 unspecified atom stereocenters. The van der Waals surface area contributed by atoms with Crippen LogP contribution >= 0.6 is 15.9 Å². The average molecular weight is 302 g/mol. The zero-order valence-electron chi connectivity index (χ0n) is 10.2. The van der Waals surface area contributed by atoms with Crippen LogP contribution in [-0.2, 0) is 15.1 Å². The van der Waals surface area contributed by atoms with Crippen LogP contribution in [-0.4, -0.2) is 31.4 Å². The SMILES string of the molecule is COC1(c2cc(OC(C)C)cc(Br)n2)COC1. The van der Waals surface area contributed by atoms with Gasteiger partial charge in [0.05, 0.1) is 25.0 Å². The quantitative estimate of drug-likeness (QED) is 0.801. The number of halogens is 1. The molecule has 0 N–H and O–H groups in total. The van der Waals surface area contributed by atoms with Gasteiger partial charge >= 0.3 is 0 Å². The molecule has 1 fully saturated rings. The van der Waals surface area contributed by atoms with Crippen molar-refractivity contribution in [2.45, 2.75) is 25.6 Å². The van der Waals surface area contributed by atoms with Gasteiger partial charge in [-0.05, 0) is 29.8 Å². The van der Waals surface area contributed by atoms with Gasteiger partial charge in [-0.1, -0.05) is 0 Å². The first-order valence-corrected chi connectivity index (χ1v) is 6.33. The van der Waals surface area contributed by atoms with Crippen molar-refractivity contribution in [3.8, 4) is 5.75 Å². The molecule has 1 aliphatic heterocycles. The van der Waals surface area contributed by atoms with E-state index in [1.54, 1.807) is 7.11 Å². The molecule has 2 heterocycles. The molecule has 0 saturated carbocycles. The number of methoxy groups -OCH3 is 1. The summed E-state index contributed by atoms with van der Waals surface area (Å²) in [4.78, 5) is 4.44. The van der Waals surface area contributed by atoms with Gasteiger partial charge in [-0.25, -0.2) is 4.98 Å². The molecule has 94 valence electrons. The maximum Gasteiger partial charge on any atom is 0.156 e. The van der Waals surface area contributed by atoms with Gasteiger partial charge in [0, 0.05) is 19.2 Å². The Balaban J connectivity index is 2.31. The molecule has 0 radical (unpaired) electrons. The summed E-state index contributed by atoms with van der Waals surface area (Å²) in [6.45, 7) is 5.06. The number of ether oxygens (including phenoxy) is 3. The zero-order chi connectivity index (χ0) is 12.5. The zero-order valence-corrected chi connectivity index (χ0v) is 11.8. The molecule has 2 rings (SSSR count). The number of aromatic nitrogens is 1. The summed E-state index contributed by atoms with van der Waals surface area (Å²) < 4.78 is 17.2. The lowest BCUT2D eigenvalue weighted by molar-refractivity contribution is -0.204. The summed E-state index contributed by atoms with van der Waals surface area (Å²) in [5, 5.41) is 0. The fourth-order valence-corrected chi connectivity index (χ4v) is 2.12. The first kappa shape index (κ1) is 12.8. The molecule has 0 amide bonds. The van der Waals surface area contributed by atoms with Crippen LogP contribution in [0, 0.1) is 0 Å². The van der Waals surface area contributed by atoms with Crippen LogP contribution < -0.4 is 4.74 Å². The van der Waals surface area contributed by atoms with Gasteiger partial charge in [0.1, 0.15) is 10.4 Å². The first-order valence-electron chi connectivity index (χ1n) is 5.53. The molecule has 17 heavy (non-hydrogen) atoms. The van der Waals surface area contributed by atoms with Gasteiger partial charge in [0.25, 0.3) is 0 Å². The van der Waals surface area contributed by atoms with Crippen LogP contribution in [0.3, 0.4) is 0 Å². The van der Waals surface area contributed by atoms with E-state index in [0.29, 0.717) is 13.2 Å². The van der Waals surface area contributed by atoms with E-state index in [0.717, 1.165) is 16.0 Å². The topological polar surface area (TPSA) is 40.6 Å². The van der Waals surface area contributed by atoms with Crippen molar-refractivity contribution in [3.05, 3.63) is 22.4 Å². The summed E-state index contributed by atoms with van der Waals surface area (Å²) >= 11 is 3.39. The minimum absolute atomic E-state index is 0.133. The third kappa shape index (κ3) is 2.61. The predicted molar refractivity (Wildman–Crippen MR) is 67.2 cm³/mol. The number of rotatable bonds is 4. The fraction of sp³-hybridized carbons (Fsp3) is 0.583. The van der Waals surface area contributed by atoms with Crippen molar-refractivity contribution in [2.75, 3.05) is 20.3 Å². The monoisotopic (exact) mass is 301 g/mol. The molecule has 0 bridgehead atoms. The van der Waals surface area contributed by atoms with Crippen LogP contribution in [0.2, 0.25) is 0 Å². The highest BCUT2D eigenvalue weighted by Crippen LogP contribution is 2.34. The molecule has 1 aromatic rings. The van der Waals surface area contributed by atoms with Crippen molar-refractivity contribution in [3.63, 3.8) is 0 Å². The molecule has 1 aliphatic rings. The molecule has 1 aromatic heterocycles.